The van der Waals surface area contributed by atoms with Crippen LogP contribution in [0.3, 0.4) is 0 Å². The maximum absolute atomic E-state index is 12.2. The van der Waals surface area contributed by atoms with Crippen LogP contribution >= 0.6 is 11.8 Å². The molecule has 0 radical (unpaired) electrons. The molecule has 1 aliphatic heterocycles. The number of hydrogen-bond acceptors (Lipinski definition) is 5. The van der Waals surface area contributed by atoms with Gasteiger partial charge in [-0.25, -0.2) is 0 Å². The van der Waals surface area contributed by atoms with Crippen molar-refractivity contribution in [1.82, 2.24) is 5.32 Å². The summed E-state index contributed by atoms with van der Waals surface area (Å²) in [4.78, 5) is 24.2. The second-order valence-corrected chi connectivity index (χ2v) is 8.30. The molecule has 0 bridgehead atoms. The number of anilines is 1. The van der Waals surface area contributed by atoms with Crippen molar-refractivity contribution in [3.8, 4) is 11.5 Å². The zero-order chi connectivity index (χ0) is 21.5. The third-order valence-corrected chi connectivity index (χ3v) is 5.59. The van der Waals surface area contributed by atoms with Crippen LogP contribution in [0, 0.1) is 6.92 Å². The lowest BCUT2D eigenvalue weighted by Crippen LogP contribution is -2.26. The molecular formula is C23H28N2O4S. The minimum absolute atomic E-state index is 0.125. The van der Waals surface area contributed by atoms with Gasteiger partial charge in [0.1, 0.15) is 17.6 Å². The molecule has 30 heavy (non-hydrogen) atoms. The molecule has 0 fully saturated rings. The fourth-order valence-corrected chi connectivity index (χ4v) is 3.87. The minimum Gasteiger partial charge on any atom is -0.494 e. The molecule has 0 saturated heterocycles. The molecule has 0 aliphatic carbocycles. The number of carbonyl (C=O) groups is 2. The summed E-state index contributed by atoms with van der Waals surface area (Å²) < 4.78 is 11.6. The van der Waals surface area contributed by atoms with Gasteiger partial charge in [0.15, 0.2) is 0 Å². The van der Waals surface area contributed by atoms with Gasteiger partial charge >= 0.3 is 0 Å². The van der Waals surface area contributed by atoms with E-state index < -0.39 is 0 Å². The van der Waals surface area contributed by atoms with Crippen molar-refractivity contribution in [1.29, 1.82) is 0 Å². The van der Waals surface area contributed by atoms with Crippen LogP contribution in [0.15, 0.2) is 36.4 Å². The maximum Gasteiger partial charge on any atom is 0.234 e. The Kier molecular flexibility index (Phi) is 7.63. The molecule has 6 nitrogen and oxygen atoms in total. The summed E-state index contributed by atoms with van der Waals surface area (Å²) in [5.41, 5.74) is 3.92. The number of fused-ring (bicyclic) bond motifs is 1. The van der Waals surface area contributed by atoms with E-state index >= 15 is 0 Å². The van der Waals surface area contributed by atoms with Gasteiger partial charge in [0.25, 0.3) is 0 Å². The van der Waals surface area contributed by atoms with E-state index in [2.05, 4.69) is 10.6 Å². The van der Waals surface area contributed by atoms with E-state index in [0.29, 0.717) is 13.2 Å². The van der Waals surface area contributed by atoms with Gasteiger partial charge in [-0.1, -0.05) is 17.7 Å². The predicted molar refractivity (Wildman–Crippen MR) is 120 cm³/mol. The smallest absolute Gasteiger partial charge is 0.234 e. The topological polar surface area (TPSA) is 76.7 Å². The molecule has 1 atom stereocenters. The summed E-state index contributed by atoms with van der Waals surface area (Å²) in [6.07, 6.45) is 1.02. The molecule has 0 aromatic heterocycles. The number of aryl methyl sites for hydroxylation is 1. The highest BCUT2D eigenvalue weighted by atomic mass is 32.2. The monoisotopic (exact) mass is 428 g/mol. The van der Waals surface area contributed by atoms with Gasteiger partial charge in [-0.3, -0.25) is 9.59 Å². The van der Waals surface area contributed by atoms with Crippen LogP contribution in [0.4, 0.5) is 5.69 Å². The first kappa shape index (κ1) is 22.0. The van der Waals surface area contributed by atoms with Crippen molar-refractivity contribution in [2.75, 3.05) is 23.4 Å². The van der Waals surface area contributed by atoms with Crippen molar-refractivity contribution in [2.24, 2.45) is 0 Å². The summed E-state index contributed by atoms with van der Waals surface area (Å²) in [5, 5.41) is 5.73. The molecule has 7 heteroatoms. The van der Waals surface area contributed by atoms with Gasteiger partial charge < -0.3 is 20.1 Å². The molecule has 3 rings (SSSR count). The molecule has 1 aliphatic rings. The Bertz CT molecular complexity index is 899. The summed E-state index contributed by atoms with van der Waals surface area (Å²) in [6.45, 7) is 6.88. The minimum atomic E-state index is -0.125. The van der Waals surface area contributed by atoms with E-state index in [9.17, 15) is 9.59 Å². The molecule has 2 aromatic carbocycles. The van der Waals surface area contributed by atoms with E-state index in [1.54, 1.807) is 0 Å². The Labute approximate surface area is 181 Å². The number of hydrogen-bond donors (Lipinski definition) is 2. The van der Waals surface area contributed by atoms with E-state index in [-0.39, 0.29) is 29.4 Å². The van der Waals surface area contributed by atoms with Crippen LogP contribution in [0.25, 0.3) is 0 Å². The Hall–Kier alpha value is -2.67. The average Bonchev–Trinajstić information content (AvgIpc) is 3.07. The Morgan fingerprint density at radius 3 is 2.63 bits per heavy atom. The number of thioether (sulfide) groups is 1. The molecule has 2 aromatic rings. The number of carbonyl (C=O) groups excluding carboxylic acids is 2. The number of nitrogens with one attached hydrogen (secondary N) is 2. The fourth-order valence-electron chi connectivity index (χ4n) is 3.22. The molecule has 1 heterocycles. The van der Waals surface area contributed by atoms with Crippen LogP contribution in [-0.2, 0) is 22.6 Å². The molecule has 2 N–H and O–H groups in total. The quantitative estimate of drug-likeness (QED) is 0.637. The largest absolute Gasteiger partial charge is 0.494 e. The normalized spacial score (nSPS) is 14.6. The number of ether oxygens (including phenoxy) is 2. The molecular weight excluding hydrogens is 400 g/mol. The third-order valence-electron chi connectivity index (χ3n) is 4.66. The Morgan fingerprint density at radius 2 is 1.90 bits per heavy atom. The first-order chi connectivity index (χ1) is 14.4. The predicted octanol–water partition coefficient (Wildman–Crippen LogP) is 3.71. The first-order valence-electron chi connectivity index (χ1n) is 10.1. The second kappa shape index (κ2) is 10.4. The van der Waals surface area contributed by atoms with E-state index in [1.165, 1.54) is 11.8 Å². The van der Waals surface area contributed by atoms with Crippen LogP contribution in [0.2, 0.25) is 0 Å². The Morgan fingerprint density at radius 1 is 1.17 bits per heavy atom. The van der Waals surface area contributed by atoms with Crippen LogP contribution < -0.4 is 20.1 Å². The van der Waals surface area contributed by atoms with Crippen molar-refractivity contribution in [2.45, 2.75) is 39.8 Å². The number of rotatable bonds is 9. The number of benzene rings is 2. The van der Waals surface area contributed by atoms with Gasteiger partial charge in [0.2, 0.25) is 11.8 Å². The lowest BCUT2D eigenvalue weighted by Gasteiger charge is -2.13. The van der Waals surface area contributed by atoms with E-state index in [0.717, 1.165) is 40.3 Å². The SMILES string of the molecule is CCOc1cc2c(cc1CNC(=O)CSCC(=O)Nc1ccc(C)cc1)O[C@@H](C)C2. The van der Waals surface area contributed by atoms with Crippen LogP contribution in [0.1, 0.15) is 30.5 Å². The Balaban J connectivity index is 1.45. The second-order valence-electron chi connectivity index (χ2n) is 7.32. The lowest BCUT2D eigenvalue weighted by molar-refractivity contribution is -0.118. The fraction of sp³-hybridized carbons (Fsp3) is 0.391. The van der Waals surface area contributed by atoms with Gasteiger partial charge in [-0.15, -0.1) is 11.8 Å². The summed E-state index contributed by atoms with van der Waals surface area (Å²) in [5.74, 6) is 1.82. The highest BCUT2D eigenvalue weighted by molar-refractivity contribution is 8.00. The van der Waals surface area contributed by atoms with Crippen molar-refractivity contribution in [3.05, 3.63) is 53.1 Å². The lowest BCUT2D eigenvalue weighted by atomic mass is 10.1. The standard InChI is InChI=1S/C23H28N2O4S/c1-4-28-20-10-17-9-16(3)29-21(17)11-18(20)12-24-22(26)13-30-14-23(27)25-19-7-5-15(2)6-8-19/h5-8,10-11,16H,4,9,12-14H2,1-3H3,(H,24,26)(H,25,27)/t16-/m0/s1. The maximum atomic E-state index is 12.2. The average molecular weight is 429 g/mol. The van der Waals surface area contributed by atoms with Crippen molar-refractivity contribution < 1.29 is 19.1 Å². The van der Waals surface area contributed by atoms with Crippen LogP contribution in [0.5, 0.6) is 11.5 Å². The van der Waals surface area contributed by atoms with Crippen molar-refractivity contribution in [3.63, 3.8) is 0 Å². The molecule has 2 amide bonds. The molecule has 0 unspecified atom stereocenters. The van der Waals surface area contributed by atoms with Gasteiger partial charge in [-0.05, 0) is 45.0 Å². The van der Waals surface area contributed by atoms with E-state index in [4.69, 9.17) is 9.47 Å². The zero-order valence-electron chi connectivity index (χ0n) is 17.6. The zero-order valence-corrected chi connectivity index (χ0v) is 18.4. The molecule has 0 saturated carbocycles. The number of amides is 2. The van der Waals surface area contributed by atoms with Crippen molar-refractivity contribution >= 4 is 29.3 Å². The molecule has 160 valence electrons. The van der Waals surface area contributed by atoms with E-state index in [1.807, 2.05) is 57.2 Å². The highest BCUT2D eigenvalue weighted by Gasteiger charge is 2.22. The molecule has 0 spiro atoms. The summed E-state index contributed by atoms with van der Waals surface area (Å²) >= 11 is 1.28. The van der Waals surface area contributed by atoms with Crippen LogP contribution in [-0.4, -0.2) is 36.0 Å². The first-order valence-corrected chi connectivity index (χ1v) is 11.3. The highest BCUT2D eigenvalue weighted by Crippen LogP contribution is 2.35. The van der Waals surface area contributed by atoms with Gasteiger partial charge in [-0.2, -0.15) is 0 Å². The third kappa shape index (κ3) is 6.16. The summed E-state index contributed by atoms with van der Waals surface area (Å²) in [6, 6.07) is 11.6. The summed E-state index contributed by atoms with van der Waals surface area (Å²) in [7, 11) is 0. The van der Waals surface area contributed by atoms with Gasteiger partial charge in [0, 0.05) is 29.8 Å². The van der Waals surface area contributed by atoms with Gasteiger partial charge in [0.05, 0.1) is 18.1 Å².